The van der Waals surface area contributed by atoms with E-state index in [1.165, 1.54) is 6.07 Å². The van der Waals surface area contributed by atoms with Gasteiger partial charge in [0.25, 0.3) is 5.91 Å². The number of esters is 1. The summed E-state index contributed by atoms with van der Waals surface area (Å²) in [7, 11) is 0. The van der Waals surface area contributed by atoms with Gasteiger partial charge in [-0.1, -0.05) is 28.9 Å². The molecule has 3 aromatic rings. The minimum Gasteiger partial charge on any atom is -0.507 e. The Morgan fingerprint density at radius 1 is 1.12 bits per heavy atom. The van der Waals surface area contributed by atoms with Crippen LogP contribution >= 0.6 is 11.6 Å². The van der Waals surface area contributed by atoms with Crippen LogP contribution in [0.25, 0.3) is 22.5 Å². The zero-order valence-electron chi connectivity index (χ0n) is 18.8. The Hall–Kier alpha value is -3.72. The first-order chi connectivity index (χ1) is 16.3. The Kier molecular flexibility index (Phi) is 8.37. The Bertz CT molecular complexity index is 1160. The number of hydrogen-bond acceptors (Lipinski definition) is 8. The fourth-order valence-electron chi connectivity index (χ4n) is 3.23. The predicted octanol–water partition coefficient (Wildman–Crippen LogP) is 4.55. The monoisotopic (exact) mass is 488 g/mol. The molecule has 1 aromatic heterocycles. The standard InChI is InChI=1S/C24H25ClN2O7/c1-3-26-24(31)22-21(23(34-27-22)16-12-17(25)19(29)13-18(16)28)14-7-9-15(10-8-14)33-11-5-6-20(30)32-4-2/h7-10,12-13,28-29H,3-6,11H2,1-2H3,(H,26,31). The maximum atomic E-state index is 12.6. The number of amides is 1. The van der Waals surface area contributed by atoms with Crippen molar-refractivity contribution in [2.75, 3.05) is 19.8 Å². The summed E-state index contributed by atoms with van der Waals surface area (Å²) in [5.41, 5.74) is 1.13. The van der Waals surface area contributed by atoms with E-state index in [0.29, 0.717) is 43.1 Å². The van der Waals surface area contributed by atoms with Crippen LogP contribution in [0.2, 0.25) is 5.02 Å². The van der Waals surface area contributed by atoms with E-state index in [-0.39, 0.29) is 45.9 Å². The molecular weight excluding hydrogens is 464 g/mol. The average molecular weight is 489 g/mol. The highest BCUT2D eigenvalue weighted by atomic mass is 35.5. The number of aromatic nitrogens is 1. The van der Waals surface area contributed by atoms with Crippen LogP contribution < -0.4 is 10.1 Å². The van der Waals surface area contributed by atoms with E-state index in [4.69, 9.17) is 25.6 Å². The number of aromatic hydroxyl groups is 2. The molecule has 3 rings (SSSR count). The van der Waals surface area contributed by atoms with Crippen LogP contribution in [0.5, 0.6) is 17.2 Å². The van der Waals surface area contributed by atoms with Gasteiger partial charge in [0.1, 0.15) is 17.2 Å². The summed E-state index contributed by atoms with van der Waals surface area (Å²) in [5.74, 6) is -0.613. The van der Waals surface area contributed by atoms with Gasteiger partial charge in [-0.3, -0.25) is 9.59 Å². The predicted molar refractivity (Wildman–Crippen MR) is 125 cm³/mol. The summed E-state index contributed by atoms with van der Waals surface area (Å²) in [6.45, 7) is 4.60. The van der Waals surface area contributed by atoms with Crippen molar-refractivity contribution in [3.05, 3.63) is 47.1 Å². The lowest BCUT2D eigenvalue weighted by atomic mass is 9.98. The molecule has 0 radical (unpaired) electrons. The molecule has 0 aliphatic rings. The molecule has 0 saturated heterocycles. The Balaban J connectivity index is 1.89. The normalized spacial score (nSPS) is 10.7. The Morgan fingerprint density at radius 3 is 2.53 bits per heavy atom. The second kappa shape index (κ2) is 11.4. The summed E-state index contributed by atoms with van der Waals surface area (Å²) < 4.78 is 16.0. The molecule has 1 amide bonds. The van der Waals surface area contributed by atoms with Crippen molar-refractivity contribution >= 4 is 23.5 Å². The lowest BCUT2D eigenvalue weighted by Crippen LogP contribution is -2.23. The molecule has 34 heavy (non-hydrogen) atoms. The second-order valence-corrected chi connectivity index (χ2v) is 7.60. The van der Waals surface area contributed by atoms with Crippen molar-refractivity contribution < 1.29 is 33.8 Å². The first-order valence-electron chi connectivity index (χ1n) is 10.7. The number of nitrogens with zero attached hydrogens (tertiary/aromatic N) is 1. The van der Waals surface area contributed by atoms with Gasteiger partial charge in [-0.05, 0) is 44.0 Å². The summed E-state index contributed by atoms with van der Waals surface area (Å²) >= 11 is 6.02. The van der Waals surface area contributed by atoms with Crippen LogP contribution in [0.4, 0.5) is 0 Å². The van der Waals surface area contributed by atoms with Gasteiger partial charge >= 0.3 is 5.97 Å². The van der Waals surface area contributed by atoms with E-state index in [0.717, 1.165) is 6.07 Å². The van der Waals surface area contributed by atoms with E-state index in [1.54, 1.807) is 38.1 Å². The largest absolute Gasteiger partial charge is 0.507 e. The fraction of sp³-hybridized carbons (Fsp3) is 0.292. The third-order valence-electron chi connectivity index (χ3n) is 4.80. The summed E-state index contributed by atoms with van der Waals surface area (Å²) in [6, 6.07) is 9.28. The smallest absolute Gasteiger partial charge is 0.305 e. The van der Waals surface area contributed by atoms with E-state index in [1.807, 2.05) is 0 Å². The number of benzene rings is 2. The van der Waals surface area contributed by atoms with Gasteiger partial charge in [-0.2, -0.15) is 0 Å². The van der Waals surface area contributed by atoms with E-state index in [2.05, 4.69) is 10.5 Å². The fourth-order valence-corrected chi connectivity index (χ4v) is 3.39. The number of nitrogens with one attached hydrogen (secondary N) is 1. The maximum Gasteiger partial charge on any atom is 0.305 e. The number of rotatable bonds is 10. The minimum atomic E-state index is -0.448. The molecule has 180 valence electrons. The number of ether oxygens (including phenoxy) is 2. The Morgan fingerprint density at radius 2 is 1.85 bits per heavy atom. The number of hydrogen-bond donors (Lipinski definition) is 3. The average Bonchev–Trinajstić information content (AvgIpc) is 3.25. The number of phenols is 2. The van der Waals surface area contributed by atoms with Crippen LogP contribution in [0, 0.1) is 0 Å². The zero-order valence-corrected chi connectivity index (χ0v) is 19.5. The molecule has 10 heteroatoms. The molecule has 9 nitrogen and oxygen atoms in total. The van der Waals surface area contributed by atoms with Gasteiger partial charge in [-0.25, -0.2) is 0 Å². The first-order valence-corrected chi connectivity index (χ1v) is 11.1. The molecule has 1 heterocycles. The highest BCUT2D eigenvalue weighted by molar-refractivity contribution is 6.32. The quantitative estimate of drug-likeness (QED) is 0.280. The molecular formula is C24H25ClN2O7. The molecule has 0 aliphatic heterocycles. The molecule has 0 fully saturated rings. The molecule has 2 aromatic carbocycles. The van der Waals surface area contributed by atoms with Gasteiger partial charge in [-0.15, -0.1) is 0 Å². The highest BCUT2D eigenvalue weighted by Crippen LogP contribution is 2.43. The van der Waals surface area contributed by atoms with E-state index in [9.17, 15) is 19.8 Å². The summed E-state index contributed by atoms with van der Waals surface area (Å²) in [4.78, 5) is 24.0. The van der Waals surface area contributed by atoms with Gasteiger partial charge in [0, 0.05) is 19.0 Å². The molecule has 0 aliphatic carbocycles. The molecule has 0 bridgehead atoms. The van der Waals surface area contributed by atoms with Crippen LogP contribution in [-0.4, -0.2) is 47.0 Å². The summed E-state index contributed by atoms with van der Waals surface area (Å²) in [6.07, 6.45) is 0.781. The number of halogens is 1. The van der Waals surface area contributed by atoms with Gasteiger partial charge in [0.2, 0.25) is 0 Å². The van der Waals surface area contributed by atoms with E-state index >= 15 is 0 Å². The van der Waals surface area contributed by atoms with Crippen molar-refractivity contribution in [2.24, 2.45) is 0 Å². The van der Waals surface area contributed by atoms with Crippen molar-refractivity contribution in [3.63, 3.8) is 0 Å². The molecule has 0 saturated carbocycles. The maximum absolute atomic E-state index is 12.6. The van der Waals surface area contributed by atoms with Crippen LogP contribution in [-0.2, 0) is 9.53 Å². The number of phenolic OH excluding ortho intramolecular Hbond substituents is 2. The van der Waals surface area contributed by atoms with Gasteiger partial charge < -0.3 is 29.5 Å². The zero-order chi connectivity index (χ0) is 24.7. The Labute approximate surface area is 201 Å². The summed E-state index contributed by atoms with van der Waals surface area (Å²) in [5, 5.41) is 26.7. The molecule has 3 N–H and O–H groups in total. The minimum absolute atomic E-state index is 0.00118. The van der Waals surface area contributed by atoms with Gasteiger partial charge in [0.15, 0.2) is 11.5 Å². The third-order valence-corrected chi connectivity index (χ3v) is 5.10. The molecule has 0 unspecified atom stereocenters. The van der Waals surface area contributed by atoms with Crippen LogP contribution in [0.1, 0.15) is 37.2 Å². The highest BCUT2D eigenvalue weighted by Gasteiger charge is 2.26. The third kappa shape index (κ3) is 5.79. The lowest BCUT2D eigenvalue weighted by molar-refractivity contribution is -0.143. The SMILES string of the molecule is CCNC(=O)c1noc(-c2cc(Cl)c(O)cc2O)c1-c1ccc(OCCCC(=O)OCC)cc1. The lowest BCUT2D eigenvalue weighted by Gasteiger charge is -2.09. The number of carbonyl (C=O) groups excluding carboxylic acids is 2. The van der Waals surface area contributed by atoms with Crippen molar-refractivity contribution in [2.45, 2.75) is 26.7 Å². The van der Waals surface area contributed by atoms with Crippen molar-refractivity contribution in [1.82, 2.24) is 10.5 Å². The van der Waals surface area contributed by atoms with Crippen molar-refractivity contribution in [3.8, 4) is 39.7 Å². The van der Waals surface area contributed by atoms with Crippen LogP contribution in [0.15, 0.2) is 40.9 Å². The molecule has 0 spiro atoms. The van der Waals surface area contributed by atoms with Gasteiger partial charge in [0.05, 0.1) is 29.4 Å². The molecule has 0 atom stereocenters. The van der Waals surface area contributed by atoms with Crippen LogP contribution in [0.3, 0.4) is 0 Å². The second-order valence-electron chi connectivity index (χ2n) is 7.20. The topological polar surface area (TPSA) is 131 Å². The first kappa shape index (κ1) is 24.9. The van der Waals surface area contributed by atoms with E-state index < -0.39 is 5.91 Å². The number of carbonyl (C=O) groups is 2. The van der Waals surface area contributed by atoms with Crippen molar-refractivity contribution in [1.29, 1.82) is 0 Å².